The minimum atomic E-state index is 0.564. The van der Waals surface area contributed by atoms with Crippen LogP contribution in [-0.2, 0) is 0 Å². The molecule has 3 saturated carbocycles. The Morgan fingerprint density at radius 2 is 1.76 bits per heavy atom. The van der Waals surface area contributed by atoms with Gasteiger partial charge in [-0.3, -0.25) is 0 Å². The van der Waals surface area contributed by atoms with Gasteiger partial charge in [0.2, 0.25) is 0 Å². The molecule has 0 bridgehead atoms. The average molecular weight is 235 g/mol. The van der Waals surface area contributed by atoms with Gasteiger partial charge in [-0.25, -0.2) is 0 Å². The predicted octanol–water partition coefficient (Wildman–Crippen LogP) is 2.83. The summed E-state index contributed by atoms with van der Waals surface area (Å²) in [6.45, 7) is 10.1. The summed E-state index contributed by atoms with van der Waals surface area (Å²) in [5.41, 5.74) is 1.20. The summed E-state index contributed by atoms with van der Waals surface area (Å²) in [5, 5.41) is 2.27. The van der Waals surface area contributed by atoms with Crippen LogP contribution in [0.5, 0.6) is 0 Å². The quantitative estimate of drug-likeness (QED) is 0.673. The lowest BCUT2D eigenvalue weighted by molar-refractivity contribution is -0.656. The van der Waals surface area contributed by atoms with Gasteiger partial charge in [-0.2, -0.15) is 7.05 Å². The first-order valence-corrected chi connectivity index (χ1v) is 7.55. The van der Waals surface area contributed by atoms with Crippen LogP contribution in [0, 0.1) is 41.5 Å². The van der Waals surface area contributed by atoms with E-state index < -0.39 is 0 Å². The highest BCUT2D eigenvalue weighted by atomic mass is 14.9. The maximum absolute atomic E-state index is 4.12. The van der Waals surface area contributed by atoms with Gasteiger partial charge in [-0.05, 0) is 54.8 Å². The molecule has 0 heterocycles. The number of hydrogen-bond donors (Lipinski definition) is 1. The van der Waals surface area contributed by atoms with Crippen LogP contribution in [0.25, 0.3) is 0 Å². The van der Waals surface area contributed by atoms with Crippen LogP contribution in [-0.4, -0.2) is 6.04 Å². The first kappa shape index (κ1) is 12.0. The second kappa shape index (κ2) is 3.50. The predicted molar refractivity (Wildman–Crippen MR) is 71.1 cm³/mol. The molecule has 0 radical (unpaired) electrons. The Morgan fingerprint density at radius 3 is 2.41 bits per heavy atom. The maximum Gasteiger partial charge on any atom is 0.0677 e. The fraction of sp³-hybridized carbons (Fsp3) is 0.938. The molecule has 6 atom stereocenters. The molecule has 1 heteroatoms. The Hall–Kier alpha value is -0.0400. The van der Waals surface area contributed by atoms with Crippen LogP contribution in [0.1, 0.15) is 53.4 Å². The second-order valence-corrected chi connectivity index (χ2v) is 7.92. The summed E-state index contributed by atoms with van der Waals surface area (Å²) < 4.78 is 0. The van der Waals surface area contributed by atoms with E-state index in [1.807, 2.05) is 0 Å². The number of nitrogens with two attached hydrogens (primary N) is 1. The van der Waals surface area contributed by atoms with Crippen molar-refractivity contribution in [2.24, 2.45) is 34.5 Å². The molecule has 0 saturated heterocycles. The topological polar surface area (TPSA) is 16.6 Å². The normalized spacial score (nSPS) is 55.9. The Morgan fingerprint density at radius 1 is 1.06 bits per heavy atom. The molecule has 3 aliphatic carbocycles. The van der Waals surface area contributed by atoms with Crippen LogP contribution in [0.15, 0.2) is 0 Å². The van der Waals surface area contributed by atoms with Crippen LogP contribution >= 0.6 is 0 Å². The van der Waals surface area contributed by atoms with Gasteiger partial charge in [0.15, 0.2) is 0 Å². The van der Waals surface area contributed by atoms with Crippen LogP contribution < -0.4 is 5.32 Å². The third-order valence-electron chi connectivity index (χ3n) is 6.96. The van der Waals surface area contributed by atoms with Gasteiger partial charge >= 0.3 is 0 Å². The molecule has 3 aliphatic rings. The van der Waals surface area contributed by atoms with Crippen molar-refractivity contribution in [3.05, 3.63) is 7.05 Å². The zero-order chi connectivity index (χ0) is 12.4. The van der Waals surface area contributed by atoms with Gasteiger partial charge in [0.1, 0.15) is 0 Å². The van der Waals surface area contributed by atoms with Crippen LogP contribution in [0.4, 0.5) is 0 Å². The number of quaternary nitrogens is 1. The minimum Gasteiger partial charge on any atom is -0.476 e. The number of fused-ring (bicyclic) bond motifs is 3. The van der Waals surface area contributed by atoms with Gasteiger partial charge in [-0.15, -0.1) is 0 Å². The highest BCUT2D eigenvalue weighted by Crippen LogP contribution is 2.73. The number of rotatable bonds is 1. The summed E-state index contributed by atoms with van der Waals surface area (Å²) in [6.07, 6.45) is 5.73. The van der Waals surface area contributed by atoms with Crippen molar-refractivity contribution in [1.29, 1.82) is 0 Å². The molecule has 0 aromatic carbocycles. The lowest BCUT2D eigenvalue weighted by Gasteiger charge is -2.52. The maximum atomic E-state index is 4.12. The molecule has 3 fully saturated rings. The summed E-state index contributed by atoms with van der Waals surface area (Å²) >= 11 is 0. The zero-order valence-electron chi connectivity index (χ0n) is 12.0. The largest absolute Gasteiger partial charge is 0.476 e. The van der Waals surface area contributed by atoms with Crippen molar-refractivity contribution >= 4 is 0 Å². The average Bonchev–Trinajstić information content (AvgIpc) is 2.81. The zero-order valence-corrected chi connectivity index (χ0v) is 12.0. The molecule has 98 valence electrons. The number of hydrogen-bond acceptors (Lipinski definition) is 0. The highest BCUT2D eigenvalue weighted by molar-refractivity contribution is 5.16. The van der Waals surface area contributed by atoms with Gasteiger partial charge in [0.05, 0.1) is 6.04 Å². The molecule has 0 amide bonds. The van der Waals surface area contributed by atoms with Crippen molar-refractivity contribution in [2.45, 2.75) is 59.4 Å². The third kappa shape index (κ3) is 1.41. The van der Waals surface area contributed by atoms with Crippen molar-refractivity contribution in [1.82, 2.24) is 0 Å². The first-order valence-electron chi connectivity index (χ1n) is 7.55. The summed E-state index contributed by atoms with van der Waals surface area (Å²) in [4.78, 5) is 0. The van der Waals surface area contributed by atoms with Crippen molar-refractivity contribution in [2.75, 3.05) is 0 Å². The summed E-state index contributed by atoms with van der Waals surface area (Å²) in [7, 11) is 4.12. The molecule has 0 aromatic rings. The first-order chi connectivity index (χ1) is 7.93. The Balaban J connectivity index is 1.94. The van der Waals surface area contributed by atoms with Gasteiger partial charge in [0.25, 0.3) is 0 Å². The minimum absolute atomic E-state index is 0.564. The van der Waals surface area contributed by atoms with Gasteiger partial charge < -0.3 is 5.32 Å². The molecule has 0 unspecified atom stereocenters. The van der Waals surface area contributed by atoms with Crippen molar-refractivity contribution in [3.8, 4) is 0 Å². The SMILES string of the molecule is [CH2-][NH2+][C@H]1CC[C@@H](C)[C@H]2[C@H]3[C@@H](CC[C@@]21C)C3(C)C. The Kier molecular flexibility index (Phi) is 2.47. The lowest BCUT2D eigenvalue weighted by Crippen LogP contribution is -2.89. The van der Waals surface area contributed by atoms with E-state index in [1.165, 1.54) is 25.7 Å². The van der Waals surface area contributed by atoms with Crippen molar-refractivity contribution in [3.63, 3.8) is 0 Å². The van der Waals surface area contributed by atoms with Gasteiger partial charge in [-0.1, -0.05) is 27.7 Å². The van der Waals surface area contributed by atoms with E-state index in [0.717, 1.165) is 29.7 Å². The fourth-order valence-electron chi connectivity index (χ4n) is 5.87. The van der Waals surface area contributed by atoms with Gasteiger partial charge in [0, 0.05) is 5.41 Å². The van der Waals surface area contributed by atoms with E-state index >= 15 is 0 Å². The molecule has 2 N–H and O–H groups in total. The Bertz CT molecular complexity index is 321. The lowest BCUT2D eigenvalue weighted by atomic mass is 9.54. The molecule has 0 aliphatic heterocycles. The standard InChI is InChI=1S/C16H29N/c1-10-6-7-12(17-5)16(4)9-8-11-14(13(10)16)15(11,2)3/h10-14H,5-9,17H2,1-4H3/t10-,11-,12+,13+,14-,16-/m1/s1. The van der Waals surface area contributed by atoms with Crippen LogP contribution in [0.2, 0.25) is 0 Å². The molecule has 3 rings (SSSR count). The van der Waals surface area contributed by atoms with E-state index in [1.54, 1.807) is 0 Å². The van der Waals surface area contributed by atoms with E-state index in [-0.39, 0.29) is 0 Å². The molecule has 17 heavy (non-hydrogen) atoms. The molecule has 1 nitrogen and oxygen atoms in total. The third-order valence-corrected chi connectivity index (χ3v) is 6.96. The van der Waals surface area contributed by atoms with E-state index in [4.69, 9.17) is 0 Å². The summed E-state index contributed by atoms with van der Waals surface area (Å²) in [6, 6.07) is 0.779. The molecular weight excluding hydrogens is 206 g/mol. The molecule has 0 aromatic heterocycles. The smallest absolute Gasteiger partial charge is 0.0677 e. The highest BCUT2D eigenvalue weighted by Gasteiger charge is 2.69. The Labute approximate surface area is 107 Å². The second-order valence-electron chi connectivity index (χ2n) is 7.92. The van der Waals surface area contributed by atoms with Crippen molar-refractivity contribution < 1.29 is 5.32 Å². The van der Waals surface area contributed by atoms with Crippen LogP contribution in [0.3, 0.4) is 0 Å². The fourth-order valence-corrected chi connectivity index (χ4v) is 5.87. The molecular formula is C16H29N. The molecule has 0 spiro atoms. The summed E-state index contributed by atoms with van der Waals surface area (Å²) in [5.74, 6) is 3.95. The van der Waals surface area contributed by atoms with E-state index in [0.29, 0.717) is 10.8 Å². The monoisotopic (exact) mass is 235 g/mol. The van der Waals surface area contributed by atoms with E-state index in [9.17, 15) is 0 Å². The van der Waals surface area contributed by atoms with E-state index in [2.05, 4.69) is 40.1 Å².